The lowest BCUT2D eigenvalue weighted by Gasteiger charge is -2.13. The highest BCUT2D eigenvalue weighted by molar-refractivity contribution is 5.32. The zero-order chi connectivity index (χ0) is 11.5. The molecule has 6 nitrogen and oxygen atoms in total. The van der Waals surface area contributed by atoms with Gasteiger partial charge in [0.25, 0.3) is 5.69 Å². The van der Waals surface area contributed by atoms with Gasteiger partial charge in [0.2, 0.25) is 0 Å². The van der Waals surface area contributed by atoms with E-state index in [-0.39, 0.29) is 5.69 Å². The SMILES string of the molecule is CNN1CC[C@H](c2cncc([N+](=O)[O-])c2)C1. The van der Waals surface area contributed by atoms with Gasteiger partial charge < -0.3 is 0 Å². The van der Waals surface area contributed by atoms with Gasteiger partial charge in [0.05, 0.1) is 4.92 Å². The van der Waals surface area contributed by atoms with Crippen LogP contribution in [0.4, 0.5) is 5.69 Å². The van der Waals surface area contributed by atoms with Crippen molar-refractivity contribution in [3.63, 3.8) is 0 Å². The highest BCUT2D eigenvalue weighted by atomic mass is 16.6. The maximum atomic E-state index is 10.6. The molecule has 0 bridgehead atoms. The van der Waals surface area contributed by atoms with Crippen LogP contribution in [0, 0.1) is 10.1 Å². The quantitative estimate of drug-likeness (QED) is 0.608. The first kappa shape index (κ1) is 11.0. The average Bonchev–Trinajstić information content (AvgIpc) is 2.77. The van der Waals surface area contributed by atoms with Crippen molar-refractivity contribution in [1.29, 1.82) is 0 Å². The molecule has 0 radical (unpaired) electrons. The molecule has 0 saturated carbocycles. The zero-order valence-corrected chi connectivity index (χ0v) is 9.09. The highest BCUT2D eigenvalue weighted by Crippen LogP contribution is 2.27. The van der Waals surface area contributed by atoms with E-state index >= 15 is 0 Å². The van der Waals surface area contributed by atoms with Gasteiger partial charge in [0, 0.05) is 31.3 Å². The van der Waals surface area contributed by atoms with E-state index < -0.39 is 4.92 Å². The van der Waals surface area contributed by atoms with E-state index in [1.165, 1.54) is 6.20 Å². The van der Waals surface area contributed by atoms with Crippen LogP contribution < -0.4 is 5.43 Å². The molecule has 16 heavy (non-hydrogen) atoms. The van der Waals surface area contributed by atoms with Crippen LogP contribution in [0.25, 0.3) is 0 Å². The van der Waals surface area contributed by atoms with Crippen molar-refractivity contribution < 1.29 is 4.92 Å². The van der Waals surface area contributed by atoms with Crippen LogP contribution in [0.2, 0.25) is 0 Å². The number of hydrazine groups is 1. The molecule has 1 saturated heterocycles. The van der Waals surface area contributed by atoms with Crippen molar-refractivity contribution in [2.45, 2.75) is 12.3 Å². The molecule has 0 unspecified atom stereocenters. The van der Waals surface area contributed by atoms with Crippen molar-refractivity contribution in [3.05, 3.63) is 34.1 Å². The Morgan fingerprint density at radius 2 is 2.44 bits per heavy atom. The van der Waals surface area contributed by atoms with E-state index in [0.717, 1.165) is 25.1 Å². The van der Waals surface area contributed by atoms with E-state index in [1.54, 1.807) is 12.3 Å². The Kier molecular flexibility index (Phi) is 3.12. The summed E-state index contributed by atoms with van der Waals surface area (Å²) in [4.78, 5) is 14.2. The zero-order valence-electron chi connectivity index (χ0n) is 9.09. The number of aromatic nitrogens is 1. The normalized spacial score (nSPS) is 21.2. The van der Waals surface area contributed by atoms with E-state index in [2.05, 4.69) is 15.4 Å². The second kappa shape index (κ2) is 4.54. The lowest BCUT2D eigenvalue weighted by Crippen LogP contribution is -2.32. The number of hydrogen-bond acceptors (Lipinski definition) is 5. The topological polar surface area (TPSA) is 71.3 Å². The molecular weight excluding hydrogens is 208 g/mol. The van der Waals surface area contributed by atoms with Crippen molar-refractivity contribution in [2.24, 2.45) is 0 Å². The maximum Gasteiger partial charge on any atom is 0.287 e. The summed E-state index contributed by atoms with van der Waals surface area (Å²) in [5.74, 6) is 0.333. The highest BCUT2D eigenvalue weighted by Gasteiger charge is 2.24. The third-order valence-electron chi connectivity index (χ3n) is 2.93. The van der Waals surface area contributed by atoms with Crippen molar-refractivity contribution >= 4 is 5.69 Å². The number of rotatable bonds is 3. The Bertz CT molecular complexity index is 396. The van der Waals surface area contributed by atoms with Gasteiger partial charge in [-0.2, -0.15) is 0 Å². The lowest BCUT2D eigenvalue weighted by molar-refractivity contribution is -0.385. The van der Waals surface area contributed by atoms with Crippen LogP contribution in [0.15, 0.2) is 18.5 Å². The van der Waals surface area contributed by atoms with Gasteiger partial charge in [0.1, 0.15) is 6.20 Å². The average molecular weight is 222 g/mol. The molecule has 0 aromatic carbocycles. The summed E-state index contributed by atoms with van der Waals surface area (Å²) in [6.07, 6.45) is 4.01. The van der Waals surface area contributed by atoms with Crippen LogP contribution in [0.5, 0.6) is 0 Å². The summed E-state index contributed by atoms with van der Waals surface area (Å²) in [6.45, 7) is 1.84. The Hall–Kier alpha value is -1.53. The summed E-state index contributed by atoms with van der Waals surface area (Å²) in [6, 6.07) is 1.62. The lowest BCUT2D eigenvalue weighted by atomic mass is 10.0. The summed E-state index contributed by atoms with van der Waals surface area (Å²) in [5, 5.41) is 12.7. The molecule has 1 N–H and O–H groups in total. The van der Waals surface area contributed by atoms with Crippen LogP contribution in [0.3, 0.4) is 0 Å². The summed E-state index contributed by atoms with van der Waals surface area (Å²) in [7, 11) is 1.88. The molecular formula is C10H14N4O2. The van der Waals surface area contributed by atoms with Gasteiger partial charge in [-0.15, -0.1) is 0 Å². The fraction of sp³-hybridized carbons (Fsp3) is 0.500. The molecule has 0 aliphatic carbocycles. The molecule has 0 spiro atoms. The van der Waals surface area contributed by atoms with E-state index in [9.17, 15) is 10.1 Å². The monoisotopic (exact) mass is 222 g/mol. The predicted octanol–water partition coefficient (Wildman–Crippen LogP) is 0.913. The molecule has 1 aromatic rings. The Balaban J connectivity index is 2.15. The fourth-order valence-corrected chi connectivity index (χ4v) is 2.00. The molecule has 1 aliphatic heterocycles. The van der Waals surface area contributed by atoms with Crippen molar-refractivity contribution in [1.82, 2.24) is 15.4 Å². The van der Waals surface area contributed by atoms with Crippen LogP contribution in [0.1, 0.15) is 17.9 Å². The largest absolute Gasteiger partial charge is 0.287 e. The maximum absolute atomic E-state index is 10.6. The molecule has 86 valence electrons. The molecule has 1 fully saturated rings. The van der Waals surface area contributed by atoms with Gasteiger partial charge in [0.15, 0.2) is 0 Å². The first-order chi connectivity index (χ1) is 7.70. The third kappa shape index (κ3) is 2.17. The second-order valence-corrected chi connectivity index (χ2v) is 3.89. The molecule has 1 atom stereocenters. The Labute approximate surface area is 93.4 Å². The van der Waals surface area contributed by atoms with Gasteiger partial charge >= 0.3 is 0 Å². The summed E-state index contributed by atoms with van der Waals surface area (Å²) in [5.41, 5.74) is 4.10. The van der Waals surface area contributed by atoms with Gasteiger partial charge in [-0.3, -0.25) is 20.5 Å². The van der Waals surface area contributed by atoms with Crippen molar-refractivity contribution in [2.75, 3.05) is 20.1 Å². The number of pyridine rings is 1. The standard InChI is InChI=1S/C10H14N4O2/c1-11-13-3-2-8(7-13)9-4-10(14(15)16)6-12-5-9/h4-6,8,11H,2-3,7H2,1H3/t8-/m0/s1. The number of hydrogen-bond donors (Lipinski definition) is 1. The smallest absolute Gasteiger partial charge is 0.258 e. The van der Waals surface area contributed by atoms with Crippen LogP contribution in [-0.4, -0.2) is 35.1 Å². The summed E-state index contributed by atoms with van der Waals surface area (Å²) >= 11 is 0. The summed E-state index contributed by atoms with van der Waals surface area (Å²) < 4.78 is 0. The first-order valence-corrected chi connectivity index (χ1v) is 5.22. The van der Waals surface area contributed by atoms with Gasteiger partial charge in [-0.05, 0) is 19.0 Å². The van der Waals surface area contributed by atoms with Crippen LogP contribution in [-0.2, 0) is 0 Å². The fourth-order valence-electron chi connectivity index (χ4n) is 2.00. The molecule has 2 rings (SSSR count). The minimum atomic E-state index is -0.401. The van der Waals surface area contributed by atoms with Gasteiger partial charge in [-0.1, -0.05) is 0 Å². The van der Waals surface area contributed by atoms with E-state index in [1.807, 2.05) is 7.05 Å². The first-order valence-electron chi connectivity index (χ1n) is 5.22. The molecule has 1 aromatic heterocycles. The number of nitrogens with one attached hydrogen (secondary N) is 1. The minimum Gasteiger partial charge on any atom is -0.258 e. The van der Waals surface area contributed by atoms with Crippen LogP contribution >= 0.6 is 0 Å². The Morgan fingerprint density at radius 3 is 3.06 bits per heavy atom. The van der Waals surface area contributed by atoms with E-state index in [4.69, 9.17) is 0 Å². The number of nitrogens with zero attached hydrogens (tertiary/aromatic N) is 3. The minimum absolute atomic E-state index is 0.0698. The number of nitro groups is 1. The molecule has 2 heterocycles. The second-order valence-electron chi connectivity index (χ2n) is 3.89. The van der Waals surface area contributed by atoms with Crippen molar-refractivity contribution in [3.8, 4) is 0 Å². The van der Waals surface area contributed by atoms with Gasteiger partial charge in [-0.25, -0.2) is 5.01 Å². The molecule has 1 aliphatic rings. The predicted molar refractivity (Wildman–Crippen MR) is 58.9 cm³/mol. The molecule has 6 heteroatoms. The molecule has 0 amide bonds. The van der Waals surface area contributed by atoms with E-state index in [0.29, 0.717) is 5.92 Å². The Morgan fingerprint density at radius 1 is 1.62 bits per heavy atom. The third-order valence-corrected chi connectivity index (χ3v) is 2.93.